The second-order valence-corrected chi connectivity index (χ2v) is 7.93. The van der Waals surface area contributed by atoms with Crippen LogP contribution in [0.1, 0.15) is 40.5 Å². The Labute approximate surface area is 157 Å². The predicted octanol–water partition coefficient (Wildman–Crippen LogP) is 2.89. The molecule has 2 bridgehead atoms. The Bertz CT molecular complexity index is 846. The van der Waals surface area contributed by atoms with Gasteiger partial charge < -0.3 is 5.32 Å². The number of benzene rings is 1. The van der Waals surface area contributed by atoms with E-state index in [2.05, 4.69) is 15.8 Å². The quantitative estimate of drug-likeness (QED) is 0.469. The lowest BCUT2D eigenvalue weighted by Crippen LogP contribution is -2.50. The predicted molar refractivity (Wildman–Crippen MR) is 101 cm³/mol. The molecule has 8 heteroatoms. The van der Waals surface area contributed by atoms with Gasteiger partial charge in [0.2, 0.25) is 5.91 Å². The Morgan fingerprint density at radius 3 is 2.41 bits per heavy atom. The van der Waals surface area contributed by atoms with Gasteiger partial charge >= 0.3 is 0 Å². The first-order valence-electron chi connectivity index (χ1n) is 9.03. The first-order valence-corrected chi connectivity index (χ1v) is 9.03. The molecule has 0 aromatic heterocycles. The summed E-state index contributed by atoms with van der Waals surface area (Å²) in [6.07, 6.45) is 1.21. The van der Waals surface area contributed by atoms with Crippen LogP contribution in [0.25, 0.3) is 0 Å². The highest BCUT2D eigenvalue weighted by Crippen LogP contribution is 2.69. The number of hydrazone groups is 1. The third-order valence-electron chi connectivity index (χ3n) is 6.67. The van der Waals surface area contributed by atoms with Crippen LogP contribution in [0, 0.1) is 26.4 Å². The van der Waals surface area contributed by atoms with Gasteiger partial charge in [0.25, 0.3) is 5.69 Å². The second kappa shape index (κ2) is 6.14. The largest absolute Gasteiger partial charge is 0.355 e. The van der Waals surface area contributed by atoms with E-state index in [0.29, 0.717) is 30.8 Å². The molecular formula is C19H24N4O4. The first kappa shape index (κ1) is 19.0. The lowest BCUT2D eigenvalue weighted by atomic mass is 9.64. The van der Waals surface area contributed by atoms with E-state index >= 15 is 0 Å². The molecule has 0 spiro atoms. The monoisotopic (exact) mass is 372 g/mol. The van der Waals surface area contributed by atoms with Crippen LogP contribution in [0.2, 0.25) is 0 Å². The number of nitro groups is 1. The molecule has 2 saturated carbocycles. The Morgan fingerprint density at radius 2 is 1.85 bits per heavy atom. The summed E-state index contributed by atoms with van der Waals surface area (Å²) in [5.41, 5.74) is 1.52. The van der Waals surface area contributed by atoms with E-state index < -0.39 is 21.2 Å². The molecule has 144 valence electrons. The number of hydrogen-bond acceptors (Lipinski definition) is 6. The fourth-order valence-corrected chi connectivity index (χ4v) is 4.56. The van der Waals surface area contributed by atoms with E-state index in [1.54, 1.807) is 0 Å². The van der Waals surface area contributed by atoms with Gasteiger partial charge in [0.1, 0.15) is 11.1 Å². The van der Waals surface area contributed by atoms with Crippen molar-refractivity contribution in [1.82, 2.24) is 5.32 Å². The maximum atomic E-state index is 13.3. The number of fused-ring (bicyclic) bond motifs is 2. The molecule has 3 rings (SSSR count). The smallest absolute Gasteiger partial charge is 0.269 e. The Balaban J connectivity index is 1.95. The van der Waals surface area contributed by atoms with Crippen molar-refractivity contribution in [3.05, 3.63) is 34.4 Å². The summed E-state index contributed by atoms with van der Waals surface area (Å²) < 4.78 is 0. The number of carbonyl (C=O) groups is 2. The molecule has 2 aliphatic carbocycles. The van der Waals surface area contributed by atoms with Gasteiger partial charge in [-0.15, -0.1) is 0 Å². The van der Waals surface area contributed by atoms with Gasteiger partial charge in [0.15, 0.2) is 5.78 Å². The molecule has 1 aromatic carbocycles. The highest BCUT2D eigenvalue weighted by atomic mass is 16.6. The van der Waals surface area contributed by atoms with E-state index in [1.165, 1.54) is 24.3 Å². The molecule has 27 heavy (non-hydrogen) atoms. The minimum Gasteiger partial charge on any atom is -0.355 e. The number of nitrogens with zero attached hydrogens (tertiary/aromatic N) is 2. The second-order valence-electron chi connectivity index (χ2n) is 7.93. The van der Waals surface area contributed by atoms with Crippen LogP contribution >= 0.6 is 0 Å². The van der Waals surface area contributed by atoms with Crippen molar-refractivity contribution in [3.8, 4) is 0 Å². The number of Topliss-reactive ketones (excluding diaryl/α,β-unsaturated/α-hetero) is 1. The summed E-state index contributed by atoms with van der Waals surface area (Å²) in [5.74, 6) is -0.467. The molecular weight excluding hydrogens is 348 g/mol. The highest BCUT2D eigenvalue weighted by molar-refractivity contribution is 6.50. The highest BCUT2D eigenvalue weighted by Gasteiger charge is 2.76. The van der Waals surface area contributed by atoms with E-state index in [9.17, 15) is 19.7 Å². The van der Waals surface area contributed by atoms with E-state index in [-0.39, 0.29) is 17.4 Å². The maximum Gasteiger partial charge on any atom is 0.269 e. The van der Waals surface area contributed by atoms with Crippen LogP contribution in [-0.2, 0) is 9.59 Å². The Morgan fingerprint density at radius 1 is 1.22 bits per heavy atom. The van der Waals surface area contributed by atoms with E-state index in [4.69, 9.17) is 0 Å². The number of non-ortho nitro benzene ring substituents is 1. The third-order valence-corrected chi connectivity index (χ3v) is 6.67. The molecule has 2 atom stereocenters. The van der Waals surface area contributed by atoms with Crippen LogP contribution in [0.3, 0.4) is 0 Å². The van der Waals surface area contributed by atoms with Crippen molar-refractivity contribution in [2.45, 2.75) is 40.5 Å². The molecule has 0 saturated heterocycles. The molecule has 1 aromatic rings. The number of nitrogens with one attached hydrogen (secondary N) is 2. The van der Waals surface area contributed by atoms with Crippen molar-refractivity contribution in [2.75, 3.05) is 12.0 Å². The summed E-state index contributed by atoms with van der Waals surface area (Å²) in [4.78, 5) is 36.4. The number of rotatable bonds is 5. The van der Waals surface area contributed by atoms with Crippen LogP contribution in [0.15, 0.2) is 29.4 Å². The molecule has 1 amide bonds. The van der Waals surface area contributed by atoms with Gasteiger partial charge in [0, 0.05) is 24.1 Å². The normalized spacial score (nSPS) is 29.8. The van der Waals surface area contributed by atoms with Crippen molar-refractivity contribution in [3.63, 3.8) is 0 Å². The minimum absolute atomic E-state index is 0.0208. The van der Waals surface area contributed by atoms with E-state index in [1.807, 2.05) is 27.7 Å². The van der Waals surface area contributed by atoms with Crippen LogP contribution in [0.4, 0.5) is 11.4 Å². The van der Waals surface area contributed by atoms with Gasteiger partial charge in [-0.3, -0.25) is 25.1 Å². The summed E-state index contributed by atoms with van der Waals surface area (Å²) in [6.45, 7) is 8.20. The number of anilines is 1. The Kier molecular flexibility index (Phi) is 4.32. The van der Waals surface area contributed by atoms with Gasteiger partial charge in [0.05, 0.1) is 10.6 Å². The van der Waals surface area contributed by atoms with Crippen molar-refractivity contribution >= 4 is 28.8 Å². The lowest BCUT2D eigenvalue weighted by Gasteiger charge is -2.37. The Hall–Kier alpha value is -2.77. The SMILES string of the molecule is CCNC(=O)C12CCC(C)(C(=NNc3ccc([N+](=O)[O-])cc3)C1=O)C2(C)C. The fourth-order valence-electron chi connectivity index (χ4n) is 4.56. The van der Waals surface area contributed by atoms with Crippen molar-refractivity contribution < 1.29 is 14.5 Å². The average molecular weight is 372 g/mol. The summed E-state index contributed by atoms with van der Waals surface area (Å²) >= 11 is 0. The minimum atomic E-state index is -1.10. The maximum absolute atomic E-state index is 13.3. The molecule has 8 nitrogen and oxygen atoms in total. The van der Waals surface area contributed by atoms with Gasteiger partial charge in [-0.05, 0) is 37.3 Å². The number of ketones is 1. The summed E-state index contributed by atoms with van der Waals surface area (Å²) in [7, 11) is 0. The van der Waals surface area contributed by atoms with Crippen LogP contribution in [-0.4, -0.2) is 28.9 Å². The molecule has 2 N–H and O–H groups in total. The van der Waals surface area contributed by atoms with Crippen LogP contribution in [0.5, 0.6) is 0 Å². The third kappa shape index (κ3) is 2.39. The topological polar surface area (TPSA) is 114 Å². The fraction of sp³-hybridized carbons (Fsp3) is 0.526. The van der Waals surface area contributed by atoms with Gasteiger partial charge in [-0.1, -0.05) is 20.8 Å². The number of nitro benzene ring substituents is 1. The lowest BCUT2D eigenvalue weighted by molar-refractivity contribution is -0.384. The molecule has 2 aliphatic rings. The van der Waals surface area contributed by atoms with Crippen molar-refractivity contribution in [2.24, 2.45) is 21.3 Å². The van der Waals surface area contributed by atoms with Gasteiger partial charge in [-0.25, -0.2) is 0 Å². The summed E-state index contributed by atoms with van der Waals surface area (Å²) in [5, 5.41) is 17.9. The van der Waals surface area contributed by atoms with E-state index in [0.717, 1.165) is 0 Å². The molecule has 2 unspecified atom stereocenters. The molecule has 0 aliphatic heterocycles. The average Bonchev–Trinajstić information content (AvgIpc) is 2.89. The number of hydrogen-bond donors (Lipinski definition) is 2. The van der Waals surface area contributed by atoms with Crippen LogP contribution < -0.4 is 10.7 Å². The zero-order valence-electron chi connectivity index (χ0n) is 16.0. The first-order chi connectivity index (χ1) is 12.6. The number of amides is 1. The molecule has 0 radical (unpaired) electrons. The molecule has 0 heterocycles. The number of carbonyl (C=O) groups excluding carboxylic acids is 2. The zero-order valence-corrected chi connectivity index (χ0v) is 16.0. The zero-order chi connectivity index (χ0) is 20.0. The van der Waals surface area contributed by atoms with Gasteiger partial charge in [-0.2, -0.15) is 5.10 Å². The van der Waals surface area contributed by atoms with Crippen molar-refractivity contribution in [1.29, 1.82) is 0 Å². The standard InChI is InChI=1S/C19H24N4O4/c1-5-20-16(25)19-11-10-18(4,17(19,2)3)14(15(19)24)22-21-12-6-8-13(9-7-12)23(26)27/h6-9,21H,5,10-11H2,1-4H3,(H,20,25). The summed E-state index contributed by atoms with van der Waals surface area (Å²) in [6, 6.07) is 5.81. The molecule has 2 fully saturated rings.